The van der Waals surface area contributed by atoms with Crippen LogP contribution in [0.2, 0.25) is 5.15 Å². The molecule has 17 heavy (non-hydrogen) atoms. The molecule has 1 aliphatic carbocycles. The van der Waals surface area contributed by atoms with E-state index in [9.17, 15) is 13.2 Å². The van der Waals surface area contributed by atoms with Gasteiger partial charge >= 0.3 is 6.18 Å². The monoisotopic (exact) mass is 266 g/mol. The fraction of sp³-hybridized carbons (Fsp3) is 0.500. The van der Waals surface area contributed by atoms with Crippen molar-refractivity contribution in [3.05, 3.63) is 28.5 Å². The highest BCUT2D eigenvalue weighted by molar-refractivity contribution is 6.30. The highest BCUT2D eigenvalue weighted by Gasteiger charge is 2.47. The molecule has 1 aromatic heterocycles. The molecule has 1 aliphatic rings. The average Bonchev–Trinajstić information content (AvgIpc) is 2.98. The van der Waals surface area contributed by atoms with Gasteiger partial charge in [-0.1, -0.05) is 11.6 Å². The molecule has 1 fully saturated rings. The van der Waals surface area contributed by atoms with Gasteiger partial charge in [0.25, 0.3) is 0 Å². The summed E-state index contributed by atoms with van der Waals surface area (Å²) in [5.74, 6) is 4.98. The minimum Gasteiger partial charge on any atom is -0.304 e. The van der Waals surface area contributed by atoms with E-state index in [4.69, 9.17) is 17.5 Å². The summed E-state index contributed by atoms with van der Waals surface area (Å²) in [6, 6.07) is 1.03. The molecular formula is C10H10ClF3N2O. The topological polar surface area (TPSA) is 48.1 Å². The van der Waals surface area contributed by atoms with Gasteiger partial charge in [-0.15, -0.1) is 0 Å². The summed E-state index contributed by atoms with van der Waals surface area (Å²) >= 11 is 5.83. The van der Waals surface area contributed by atoms with E-state index >= 15 is 0 Å². The Morgan fingerprint density at radius 3 is 2.59 bits per heavy atom. The van der Waals surface area contributed by atoms with Crippen molar-refractivity contribution in [3.8, 4) is 0 Å². The molecule has 94 valence electrons. The van der Waals surface area contributed by atoms with Gasteiger partial charge in [0.15, 0.2) is 0 Å². The van der Waals surface area contributed by atoms with Gasteiger partial charge in [0.05, 0.1) is 12.2 Å². The van der Waals surface area contributed by atoms with Crippen LogP contribution in [0, 0.1) is 0 Å². The van der Waals surface area contributed by atoms with Crippen molar-refractivity contribution in [2.24, 2.45) is 5.90 Å². The average molecular weight is 267 g/mol. The van der Waals surface area contributed by atoms with Crippen molar-refractivity contribution in [1.29, 1.82) is 0 Å². The Bertz CT molecular complexity index is 432. The zero-order chi connectivity index (χ0) is 12.7. The fourth-order valence-electron chi connectivity index (χ4n) is 1.78. The first-order valence-corrected chi connectivity index (χ1v) is 5.32. The molecule has 3 nitrogen and oxygen atoms in total. The van der Waals surface area contributed by atoms with Crippen molar-refractivity contribution < 1.29 is 18.0 Å². The van der Waals surface area contributed by atoms with Crippen LogP contribution in [0.5, 0.6) is 0 Å². The third kappa shape index (κ3) is 2.38. The molecule has 2 rings (SSSR count). The normalized spacial score (nSPS) is 18.2. The Hall–Kier alpha value is -0.850. The summed E-state index contributed by atoms with van der Waals surface area (Å²) in [6.45, 7) is 0.149. The summed E-state index contributed by atoms with van der Waals surface area (Å²) in [4.78, 5) is 8.12. The molecule has 1 aromatic rings. The van der Waals surface area contributed by atoms with Gasteiger partial charge < -0.3 is 4.84 Å². The van der Waals surface area contributed by atoms with E-state index in [0.29, 0.717) is 18.4 Å². The molecule has 0 unspecified atom stereocenters. The highest BCUT2D eigenvalue weighted by atomic mass is 35.5. The van der Waals surface area contributed by atoms with E-state index < -0.39 is 17.2 Å². The number of alkyl halides is 3. The number of hydrogen-bond acceptors (Lipinski definition) is 3. The molecule has 0 bridgehead atoms. The summed E-state index contributed by atoms with van der Waals surface area (Å²) in [5.41, 5.74) is -0.945. The lowest BCUT2D eigenvalue weighted by Gasteiger charge is -2.17. The molecule has 1 saturated carbocycles. The zero-order valence-corrected chi connectivity index (χ0v) is 9.48. The third-order valence-corrected chi connectivity index (χ3v) is 3.25. The maximum absolute atomic E-state index is 12.6. The number of pyridine rings is 1. The molecule has 2 N–H and O–H groups in total. The lowest BCUT2D eigenvalue weighted by molar-refractivity contribution is -0.137. The number of aromatic nitrogens is 1. The molecule has 1 heterocycles. The predicted molar refractivity (Wildman–Crippen MR) is 55.3 cm³/mol. The summed E-state index contributed by atoms with van der Waals surface area (Å²) < 4.78 is 37.7. The van der Waals surface area contributed by atoms with E-state index in [1.807, 2.05) is 0 Å². The van der Waals surface area contributed by atoms with Crippen LogP contribution in [0.1, 0.15) is 24.0 Å². The maximum Gasteiger partial charge on any atom is 0.417 e. The van der Waals surface area contributed by atoms with Crippen LogP contribution in [0.3, 0.4) is 0 Å². The molecule has 0 spiro atoms. The Morgan fingerprint density at radius 2 is 2.12 bits per heavy atom. The largest absolute Gasteiger partial charge is 0.417 e. The van der Waals surface area contributed by atoms with Gasteiger partial charge in [0.1, 0.15) is 5.15 Å². The van der Waals surface area contributed by atoms with Crippen molar-refractivity contribution in [2.75, 3.05) is 6.61 Å². The molecule has 0 aromatic carbocycles. The summed E-state index contributed by atoms with van der Waals surface area (Å²) in [5, 5.41) is 0.0764. The van der Waals surface area contributed by atoms with Crippen LogP contribution < -0.4 is 5.90 Å². The second-order valence-corrected chi connectivity index (χ2v) is 4.51. The predicted octanol–water partition coefficient (Wildman–Crippen LogP) is 2.68. The lowest BCUT2D eigenvalue weighted by Crippen LogP contribution is -2.20. The zero-order valence-electron chi connectivity index (χ0n) is 8.72. The molecule has 0 saturated heterocycles. The smallest absolute Gasteiger partial charge is 0.304 e. The molecule has 7 heteroatoms. The first-order chi connectivity index (χ1) is 7.89. The second-order valence-electron chi connectivity index (χ2n) is 4.15. The Labute approximate surface area is 101 Å². The molecule has 0 atom stereocenters. The van der Waals surface area contributed by atoms with Gasteiger partial charge in [-0.3, -0.25) is 0 Å². The fourth-order valence-corrected chi connectivity index (χ4v) is 2.08. The maximum atomic E-state index is 12.6. The van der Waals surface area contributed by atoms with Crippen LogP contribution in [0.4, 0.5) is 13.2 Å². The van der Waals surface area contributed by atoms with Crippen molar-refractivity contribution in [1.82, 2.24) is 4.98 Å². The van der Waals surface area contributed by atoms with Crippen LogP contribution in [0.15, 0.2) is 12.3 Å². The van der Waals surface area contributed by atoms with Gasteiger partial charge in [-0.05, 0) is 24.5 Å². The number of rotatable bonds is 3. The third-order valence-electron chi connectivity index (χ3n) is 2.95. The summed E-state index contributed by atoms with van der Waals surface area (Å²) in [6.07, 6.45) is -2.29. The van der Waals surface area contributed by atoms with Crippen molar-refractivity contribution in [3.63, 3.8) is 0 Å². The number of nitrogens with two attached hydrogens (primary N) is 1. The van der Waals surface area contributed by atoms with Gasteiger partial charge in [-0.2, -0.15) is 13.2 Å². The lowest BCUT2D eigenvalue weighted by atomic mass is 9.97. The van der Waals surface area contributed by atoms with Crippen LogP contribution >= 0.6 is 11.6 Å². The molecule has 0 aliphatic heterocycles. The summed E-state index contributed by atoms with van der Waals surface area (Å²) in [7, 11) is 0. The quantitative estimate of drug-likeness (QED) is 0.676. The van der Waals surface area contributed by atoms with E-state index in [0.717, 1.165) is 12.3 Å². The molecular weight excluding hydrogens is 257 g/mol. The Morgan fingerprint density at radius 1 is 1.47 bits per heavy atom. The SMILES string of the molecule is NOCC1(c2cc(C(F)(F)F)cnc2Cl)CC1. The van der Waals surface area contributed by atoms with Gasteiger partial charge in [0, 0.05) is 11.6 Å². The highest BCUT2D eigenvalue weighted by Crippen LogP contribution is 2.50. The number of halogens is 4. The minimum absolute atomic E-state index is 0.0764. The minimum atomic E-state index is -4.42. The van der Waals surface area contributed by atoms with E-state index in [1.165, 1.54) is 0 Å². The van der Waals surface area contributed by atoms with E-state index in [-0.39, 0.29) is 11.8 Å². The second kappa shape index (κ2) is 4.12. The standard InChI is InChI=1S/C10H10ClF3N2O/c11-8-7(9(1-2-9)5-17-15)3-6(4-16-8)10(12,13)14/h3-4H,1-2,5,15H2. The number of nitrogens with zero attached hydrogens (tertiary/aromatic N) is 1. The van der Waals surface area contributed by atoms with E-state index in [1.54, 1.807) is 0 Å². The van der Waals surface area contributed by atoms with Gasteiger partial charge in [0.2, 0.25) is 0 Å². The first kappa shape index (κ1) is 12.6. The molecule has 0 radical (unpaired) electrons. The number of hydrogen-bond donors (Lipinski definition) is 1. The van der Waals surface area contributed by atoms with E-state index in [2.05, 4.69) is 9.82 Å². The first-order valence-electron chi connectivity index (χ1n) is 4.94. The Kier molecular flexibility index (Phi) is 3.05. The Balaban J connectivity index is 2.40. The van der Waals surface area contributed by atoms with Crippen LogP contribution in [0.25, 0.3) is 0 Å². The van der Waals surface area contributed by atoms with Gasteiger partial charge in [-0.25, -0.2) is 10.9 Å². The molecule has 0 amide bonds. The van der Waals surface area contributed by atoms with Crippen molar-refractivity contribution >= 4 is 11.6 Å². The van der Waals surface area contributed by atoms with Crippen LogP contribution in [-0.4, -0.2) is 11.6 Å². The van der Waals surface area contributed by atoms with Crippen LogP contribution in [-0.2, 0) is 16.4 Å². The van der Waals surface area contributed by atoms with Crippen molar-refractivity contribution in [2.45, 2.75) is 24.4 Å².